The molecule has 1 saturated carbocycles. The summed E-state index contributed by atoms with van der Waals surface area (Å²) in [6.45, 7) is 0. The number of imidazole rings is 1. The monoisotopic (exact) mass is 552 g/mol. The SMILES string of the molecule is Cn1cnc2cc(-n3c4ccccc4c4cc(-c5ccc6c(c5)c5ccccc5n6C5=CC=CC6CC56)ccc43)ccc21. The Kier molecular flexibility index (Phi) is 4.52. The Morgan fingerprint density at radius 1 is 0.628 bits per heavy atom. The largest absolute Gasteiger partial charge is 0.334 e. The summed E-state index contributed by atoms with van der Waals surface area (Å²) in [6.07, 6.45) is 10.1. The molecule has 0 aliphatic heterocycles. The molecule has 10 rings (SSSR count). The first-order chi connectivity index (χ1) is 21.2. The van der Waals surface area contributed by atoms with Crippen LogP contribution in [0.4, 0.5) is 0 Å². The van der Waals surface area contributed by atoms with Crippen molar-refractivity contribution < 1.29 is 0 Å². The zero-order chi connectivity index (χ0) is 28.2. The maximum absolute atomic E-state index is 4.63. The number of benzene rings is 5. The van der Waals surface area contributed by atoms with Crippen molar-refractivity contribution in [2.75, 3.05) is 0 Å². The minimum atomic E-state index is 0.641. The summed E-state index contributed by atoms with van der Waals surface area (Å²) >= 11 is 0. The van der Waals surface area contributed by atoms with Crippen LogP contribution in [0.15, 0.2) is 128 Å². The normalized spacial score (nSPS) is 17.8. The van der Waals surface area contributed by atoms with Crippen LogP contribution < -0.4 is 0 Å². The van der Waals surface area contributed by atoms with E-state index in [1.165, 1.54) is 66.9 Å². The number of aryl methyl sites for hydroxylation is 1. The van der Waals surface area contributed by atoms with Gasteiger partial charge in [-0.3, -0.25) is 0 Å². The fourth-order valence-corrected chi connectivity index (χ4v) is 7.55. The Labute approximate surface area is 248 Å². The number of para-hydroxylation sites is 2. The van der Waals surface area contributed by atoms with Crippen molar-refractivity contribution in [1.82, 2.24) is 18.7 Å². The second-order valence-corrected chi connectivity index (χ2v) is 12.2. The number of aromatic nitrogens is 4. The van der Waals surface area contributed by atoms with Gasteiger partial charge in [0.2, 0.25) is 0 Å². The fourth-order valence-electron chi connectivity index (χ4n) is 7.55. The summed E-state index contributed by atoms with van der Waals surface area (Å²) in [6, 6.07) is 38.1. The molecule has 3 heterocycles. The zero-order valence-corrected chi connectivity index (χ0v) is 23.8. The minimum absolute atomic E-state index is 0.641. The first kappa shape index (κ1) is 23.2. The van der Waals surface area contributed by atoms with Crippen LogP contribution in [0.2, 0.25) is 0 Å². The van der Waals surface area contributed by atoms with E-state index in [1.54, 1.807) is 0 Å². The smallest absolute Gasteiger partial charge is 0.0955 e. The number of allylic oxidation sites excluding steroid dienone is 4. The molecule has 2 atom stereocenters. The molecule has 2 aliphatic carbocycles. The van der Waals surface area contributed by atoms with Gasteiger partial charge in [0.25, 0.3) is 0 Å². The molecule has 43 heavy (non-hydrogen) atoms. The Morgan fingerprint density at radius 3 is 2.00 bits per heavy atom. The molecule has 204 valence electrons. The van der Waals surface area contributed by atoms with Gasteiger partial charge in [-0.05, 0) is 84.1 Å². The molecule has 0 saturated heterocycles. The molecular formula is C39H28N4. The van der Waals surface area contributed by atoms with Gasteiger partial charge in [-0.25, -0.2) is 4.98 Å². The molecule has 0 N–H and O–H groups in total. The van der Waals surface area contributed by atoms with Gasteiger partial charge in [-0.1, -0.05) is 60.7 Å². The lowest BCUT2D eigenvalue weighted by molar-refractivity contribution is 0.935. The van der Waals surface area contributed by atoms with E-state index in [0.29, 0.717) is 11.8 Å². The standard InChI is InChI=1S/C39H28N4/c1-41-23-40-33-22-27(15-18-39(33)41)42-34-10-4-2-8-28(34)31-19-24(13-16-37(31)42)25-14-17-38-32(20-25)29-9-3-5-11-35(29)43(38)36-12-6-7-26-21-30(26)36/h2-20,22-23,26,30H,21H2,1H3. The molecule has 0 bridgehead atoms. The summed E-state index contributed by atoms with van der Waals surface area (Å²) in [5.74, 6) is 1.34. The van der Waals surface area contributed by atoms with Gasteiger partial charge in [0.1, 0.15) is 0 Å². The van der Waals surface area contributed by atoms with Crippen LogP contribution in [-0.2, 0) is 7.05 Å². The van der Waals surface area contributed by atoms with Crippen LogP contribution in [0.3, 0.4) is 0 Å². The van der Waals surface area contributed by atoms with Gasteiger partial charge >= 0.3 is 0 Å². The summed E-state index contributed by atoms with van der Waals surface area (Å²) in [4.78, 5) is 4.63. The molecule has 0 spiro atoms. The lowest BCUT2D eigenvalue weighted by atomic mass is 10.0. The van der Waals surface area contributed by atoms with E-state index in [9.17, 15) is 0 Å². The quantitative estimate of drug-likeness (QED) is 0.214. The number of nitrogens with zero attached hydrogens (tertiary/aromatic N) is 4. The third kappa shape index (κ3) is 3.23. The Morgan fingerprint density at radius 2 is 1.26 bits per heavy atom. The lowest BCUT2D eigenvalue weighted by Crippen LogP contribution is -2.01. The molecule has 4 heteroatoms. The Hall–Kier alpha value is -5.35. The van der Waals surface area contributed by atoms with Gasteiger partial charge in [-0.2, -0.15) is 0 Å². The molecule has 5 aromatic carbocycles. The van der Waals surface area contributed by atoms with Crippen molar-refractivity contribution in [3.8, 4) is 16.8 Å². The van der Waals surface area contributed by atoms with Crippen molar-refractivity contribution in [1.29, 1.82) is 0 Å². The molecule has 3 aromatic heterocycles. The average molecular weight is 553 g/mol. The third-order valence-electron chi connectivity index (χ3n) is 9.75. The molecule has 2 unspecified atom stereocenters. The summed E-state index contributed by atoms with van der Waals surface area (Å²) in [5.41, 5.74) is 12.2. The van der Waals surface area contributed by atoms with Crippen LogP contribution in [0.25, 0.3) is 77.2 Å². The number of fused-ring (bicyclic) bond motifs is 8. The summed E-state index contributed by atoms with van der Waals surface area (Å²) in [7, 11) is 2.04. The highest BCUT2D eigenvalue weighted by molar-refractivity contribution is 6.13. The highest BCUT2D eigenvalue weighted by Crippen LogP contribution is 2.51. The van der Waals surface area contributed by atoms with Crippen molar-refractivity contribution in [3.05, 3.63) is 128 Å². The van der Waals surface area contributed by atoms with Crippen LogP contribution in [0.5, 0.6) is 0 Å². The molecule has 4 nitrogen and oxygen atoms in total. The van der Waals surface area contributed by atoms with Crippen molar-refractivity contribution in [2.24, 2.45) is 18.9 Å². The van der Waals surface area contributed by atoms with E-state index >= 15 is 0 Å². The van der Waals surface area contributed by atoms with E-state index in [1.807, 2.05) is 13.4 Å². The van der Waals surface area contributed by atoms with Crippen LogP contribution in [-0.4, -0.2) is 18.7 Å². The minimum Gasteiger partial charge on any atom is -0.334 e. The average Bonchev–Trinajstić information content (AvgIpc) is 3.53. The van der Waals surface area contributed by atoms with Crippen molar-refractivity contribution in [2.45, 2.75) is 6.42 Å². The van der Waals surface area contributed by atoms with E-state index in [2.05, 4.69) is 140 Å². The molecule has 2 aliphatic rings. The van der Waals surface area contributed by atoms with Gasteiger partial charge < -0.3 is 13.7 Å². The Bertz CT molecular complexity index is 2510. The van der Waals surface area contributed by atoms with Crippen LogP contribution in [0, 0.1) is 11.8 Å². The number of hydrogen-bond acceptors (Lipinski definition) is 1. The second kappa shape index (κ2) is 8.36. The maximum Gasteiger partial charge on any atom is 0.0955 e. The van der Waals surface area contributed by atoms with Crippen molar-refractivity contribution in [3.63, 3.8) is 0 Å². The fraction of sp³-hybridized carbons (Fsp3) is 0.103. The van der Waals surface area contributed by atoms with Crippen molar-refractivity contribution >= 4 is 60.3 Å². The topological polar surface area (TPSA) is 27.7 Å². The van der Waals surface area contributed by atoms with E-state index in [-0.39, 0.29) is 0 Å². The zero-order valence-electron chi connectivity index (χ0n) is 23.8. The molecular weight excluding hydrogens is 524 g/mol. The van der Waals surface area contributed by atoms with Crippen LogP contribution in [0.1, 0.15) is 6.42 Å². The molecule has 1 fully saturated rings. The lowest BCUT2D eigenvalue weighted by Gasteiger charge is -2.14. The molecule has 8 aromatic rings. The van der Waals surface area contributed by atoms with Gasteiger partial charge in [0.15, 0.2) is 0 Å². The summed E-state index contributed by atoms with van der Waals surface area (Å²) in [5, 5.41) is 5.15. The highest BCUT2D eigenvalue weighted by Gasteiger charge is 2.40. The highest BCUT2D eigenvalue weighted by atomic mass is 15.0. The third-order valence-corrected chi connectivity index (χ3v) is 9.75. The first-order valence-corrected chi connectivity index (χ1v) is 15.1. The Balaban J connectivity index is 1.17. The molecule has 0 radical (unpaired) electrons. The van der Waals surface area contributed by atoms with E-state index < -0.39 is 0 Å². The van der Waals surface area contributed by atoms with Gasteiger partial charge in [0.05, 0.1) is 39.4 Å². The summed E-state index contributed by atoms with van der Waals surface area (Å²) < 4.78 is 6.95. The van der Waals surface area contributed by atoms with Gasteiger partial charge in [-0.15, -0.1) is 0 Å². The first-order valence-electron chi connectivity index (χ1n) is 15.1. The van der Waals surface area contributed by atoms with E-state index in [4.69, 9.17) is 0 Å². The number of rotatable bonds is 3. The van der Waals surface area contributed by atoms with E-state index in [0.717, 1.165) is 16.7 Å². The predicted molar refractivity (Wildman–Crippen MR) is 179 cm³/mol. The van der Waals surface area contributed by atoms with Gasteiger partial charge in [0, 0.05) is 45.9 Å². The predicted octanol–water partition coefficient (Wildman–Crippen LogP) is 9.49. The van der Waals surface area contributed by atoms with Crippen LogP contribution >= 0.6 is 0 Å². The molecule has 0 amide bonds. The second-order valence-electron chi connectivity index (χ2n) is 12.2. The maximum atomic E-state index is 4.63. The number of hydrogen-bond donors (Lipinski definition) is 0.